The lowest BCUT2D eigenvalue weighted by molar-refractivity contribution is 1.28. The van der Waals surface area contributed by atoms with Crippen molar-refractivity contribution in [3.8, 4) is 55.6 Å². The van der Waals surface area contributed by atoms with Gasteiger partial charge in [0.2, 0.25) is 0 Å². The monoisotopic (exact) mass is 837 g/mol. The van der Waals surface area contributed by atoms with Gasteiger partial charge in [0, 0.05) is 57.3 Å². The molecule has 0 atom stereocenters. The number of benzene rings is 10. The fraction of sp³-hybridized carbons (Fsp3) is 0. The van der Waals surface area contributed by atoms with Gasteiger partial charge in [0.25, 0.3) is 0 Å². The minimum atomic E-state index is 1.09. The molecule has 2 heterocycles. The van der Waals surface area contributed by atoms with E-state index in [1.807, 2.05) is 22.7 Å². The van der Waals surface area contributed by atoms with E-state index >= 15 is 0 Å². The first-order valence-electron chi connectivity index (χ1n) is 21.4. The Morgan fingerprint density at radius 1 is 0.270 bits per heavy atom. The summed E-state index contributed by atoms with van der Waals surface area (Å²) in [7, 11) is 0. The van der Waals surface area contributed by atoms with Crippen LogP contribution in [0.5, 0.6) is 0 Å². The smallest absolute Gasteiger partial charge is 0.0546 e. The standard InChI is InChI=1S/C60H39NS2/c1-3-16-40(17-4-1)46-20-7-8-22-51(46)58-47(41-18-5-2-6-19-41)24-14-28-54(58)61(44-36-32-42(33-37-44)48-25-15-31-57-59(48)53-23-10-12-30-56(53)62-57)45-38-34-43(35-39-45)49-26-13-27-52-50-21-9-11-29-55(50)63-60(49)52/h1-39H. The molecule has 10 aromatic carbocycles. The highest BCUT2D eigenvalue weighted by atomic mass is 32.1. The summed E-state index contributed by atoms with van der Waals surface area (Å²) in [4.78, 5) is 2.46. The number of hydrogen-bond donors (Lipinski definition) is 0. The molecule has 0 saturated carbocycles. The van der Waals surface area contributed by atoms with Crippen molar-refractivity contribution in [3.05, 3.63) is 237 Å². The van der Waals surface area contributed by atoms with Gasteiger partial charge in [-0.1, -0.05) is 188 Å². The lowest BCUT2D eigenvalue weighted by Crippen LogP contribution is -2.12. The Kier molecular flexibility index (Phi) is 9.29. The molecule has 0 bridgehead atoms. The summed E-state index contributed by atoms with van der Waals surface area (Å²) in [6, 6.07) is 86.6. The van der Waals surface area contributed by atoms with Crippen LogP contribution in [-0.4, -0.2) is 0 Å². The number of hydrogen-bond acceptors (Lipinski definition) is 3. The van der Waals surface area contributed by atoms with Crippen LogP contribution in [0.3, 0.4) is 0 Å². The molecule has 0 saturated heterocycles. The Balaban J connectivity index is 1.07. The Morgan fingerprint density at radius 3 is 1.44 bits per heavy atom. The number of anilines is 3. The van der Waals surface area contributed by atoms with E-state index in [0.717, 1.165) is 17.1 Å². The van der Waals surface area contributed by atoms with E-state index in [1.165, 1.54) is 96.0 Å². The van der Waals surface area contributed by atoms with Crippen LogP contribution < -0.4 is 4.90 Å². The Bertz CT molecular complexity index is 3600. The molecule has 0 N–H and O–H groups in total. The van der Waals surface area contributed by atoms with Crippen molar-refractivity contribution in [2.45, 2.75) is 0 Å². The molecule has 1 nitrogen and oxygen atoms in total. The van der Waals surface area contributed by atoms with Crippen LogP contribution in [0, 0.1) is 0 Å². The Morgan fingerprint density at radius 2 is 0.730 bits per heavy atom. The Hall–Kier alpha value is -7.56. The first-order valence-corrected chi connectivity index (χ1v) is 23.0. The molecule has 12 rings (SSSR count). The van der Waals surface area contributed by atoms with Gasteiger partial charge in [0.05, 0.1) is 5.69 Å². The van der Waals surface area contributed by atoms with E-state index in [9.17, 15) is 0 Å². The molecule has 0 aliphatic heterocycles. The van der Waals surface area contributed by atoms with Gasteiger partial charge in [-0.25, -0.2) is 0 Å². The summed E-state index contributed by atoms with van der Waals surface area (Å²) in [5.41, 5.74) is 15.3. The molecule has 296 valence electrons. The van der Waals surface area contributed by atoms with E-state index in [-0.39, 0.29) is 0 Å². The molecule has 63 heavy (non-hydrogen) atoms. The third-order valence-electron chi connectivity index (χ3n) is 12.3. The second-order valence-electron chi connectivity index (χ2n) is 16.0. The van der Waals surface area contributed by atoms with Crippen LogP contribution in [0.4, 0.5) is 17.1 Å². The fourth-order valence-electron chi connectivity index (χ4n) is 9.44. The summed E-state index contributed by atoms with van der Waals surface area (Å²) in [5, 5.41) is 5.26. The maximum Gasteiger partial charge on any atom is 0.0546 e. The molecule has 0 aliphatic rings. The first kappa shape index (κ1) is 37.2. The fourth-order valence-corrected chi connectivity index (χ4v) is 11.8. The van der Waals surface area contributed by atoms with Gasteiger partial charge < -0.3 is 4.90 Å². The Labute approximate surface area is 375 Å². The predicted octanol–water partition coefficient (Wildman–Crippen LogP) is 18.2. The average molecular weight is 838 g/mol. The minimum Gasteiger partial charge on any atom is -0.310 e. The van der Waals surface area contributed by atoms with Crippen LogP contribution in [0.25, 0.3) is 96.0 Å². The van der Waals surface area contributed by atoms with Crippen LogP contribution in [-0.2, 0) is 0 Å². The number of rotatable bonds is 8. The average Bonchev–Trinajstić information content (AvgIpc) is 3.94. The van der Waals surface area contributed by atoms with Crippen LogP contribution in [0.2, 0.25) is 0 Å². The molecule has 0 amide bonds. The van der Waals surface area contributed by atoms with E-state index in [0.29, 0.717) is 0 Å². The highest BCUT2D eigenvalue weighted by Crippen LogP contribution is 2.49. The second-order valence-corrected chi connectivity index (χ2v) is 18.1. The zero-order valence-electron chi connectivity index (χ0n) is 34.3. The van der Waals surface area contributed by atoms with Crippen molar-refractivity contribution in [2.75, 3.05) is 4.90 Å². The minimum absolute atomic E-state index is 1.09. The third kappa shape index (κ3) is 6.53. The van der Waals surface area contributed by atoms with E-state index in [2.05, 4.69) is 241 Å². The van der Waals surface area contributed by atoms with E-state index in [1.54, 1.807) is 0 Å². The zero-order chi connectivity index (χ0) is 41.7. The molecule has 0 aliphatic carbocycles. The summed E-state index contributed by atoms with van der Waals surface area (Å²) < 4.78 is 5.26. The van der Waals surface area contributed by atoms with Crippen molar-refractivity contribution < 1.29 is 0 Å². The number of fused-ring (bicyclic) bond motifs is 6. The van der Waals surface area contributed by atoms with Gasteiger partial charge in [-0.15, -0.1) is 22.7 Å². The van der Waals surface area contributed by atoms with Crippen molar-refractivity contribution in [3.63, 3.8) is 0 Å². The molecule has 12 aromatic rings. The maximum absolute atomic E-state index is 2.46. The molecule has 0 spiro atoms. The van der Waals surface area contributed by atoms with Crippen LogP contribution >= 0.6 is 22.7 Å². The number of thiophene rings is 2. The topological polar surface area (TPSA) is 3.24 Å². The third-order valence-corrected chi connectivity index (χ3v) is 14.7. The van der Waals surface area contributed by atoms with Gasteiger partial charge in [0.1, 0.15) is 0 Å². The SMILES string of the molecule is c1ccc(-c2ccccc2-c2c(-c3ccccc3)cccc2N(c2ccc(-c3cccc4c3sc3ccccc34)cc2)c2ccc(-c3cccc4sc5ccccc5c34)cc2)cc1. The molecule has 0 radical (unpaired) electrons. The van der Waals surface area contributed by atoms with E-state index in [4.69, 9.17) is 0 Å². The van der Waals surface area contributed by atoms with Gasteiger partial charge >= 0.3 is 0 Å². The molecule has 0 fully saturated rings. The summed E-state index contributed by atoms with van der Waals surface area (Å²) in [6.07, 6.45) is 0. The van der Waals surface area contributed by atoms with Crippen molar-refractivity contribution in [1.29, 1.82) is 0 Å². The molecular formula is C60H39NS2. The largest absolute Gasteiger partial charge is 0.310 e. The molecular weight excluding hydrogens is 799 g/mol. The summed E-state index contributed by atoms with van der Waals surface area (Å²) >= 11 is 3.74. The van der Waals surface area contributed by atoms with Gasteiger partial charge in [-0.3, -0.25) is 0 Å². The second kappa shape index (κ2) is 15.7. The quantitative estimate of drug-likeness (QED) is 0.147. The van der Waals surface area contributed by atoms with Gasteiger partial charge in [0.15, 0.2) is 0 Å². The molecule has 0 unspecified atom stereocenters. The lowest BCUT2D eigenvalue weighted by Gasteiger charge is -2.30. The highest BCUT2D eigenvalue weighted by Gasteiger charge is 2.23. The van der Waals surface area contributed by atoms with Gasteiger partial charge in [-0.2, -0.15) is 0 Å². The molecule has 3 heteroatoms. The molecule has 2 aromatic heterocycles. The maximum atomic E-state index is 2.46. The predicted molar refractivity (Wildman–Crippen MR) is 274 cm³/mol. The summed E-state index contributed by atoms with van der Waals surface area (Å²) in [6.45, 7) is 0. The zero-order valence-corrected chi connectivity index (χ0v) is 35.9. The first-order chi connectivity index (χ1) is 31.3. The highest BCUT2D eigenvalue weighted by molar-refractivity contribution is 7.26. The van der Waals surface area contributed by atoms with Gasteiger partial charge in [-0.05, 0) is 98.6 Å². The summed E-state index contributed by atoms with van der Waals surface area (Å²) in [5.74, 6) is 0. The van der Waals surface area contributed by atoms with Crippen LogP contribution in [0.15, 0.2) is 237 Å². The van der Waals surface area contributed by atoms with Crippen molar-refractivity contribution in [2.24, 2.45) is 0 Å². The van der Waals surface area contributed by atoms with Crippen molar-refractivity contribution >= 4 is 80.1 Å². The van der Waals surface area contributed by atoms with Crippen LogP contribution in [0.1, 0.15) is 0 Å². The van der Waals surface area contributed by atoms with E-state index < -0.39 is 0 Å². The normalized spacial score (nSPS) is 11.5. The lowest BCUT2D eigenvalue weighted by atomic mass is 9.87. The van der Waals surface area contributed by atoms with Crippen molar-refractivity contribution in [1.82, 2.24) is 0 Å². The number of nitrogens with zero attached hydrogens (tertiary/aromatic N) is 1.